The summed E-state index contributed by atoms with van der Waals surface area (Å²) in [4.78, 5) is 245. The molecule has 42 nitrogen and oxygen atoms in total. The molecule has 104 heavy (non-hydrogen) atoms. The van der Waals surface area contributed by atoms with E-state index in [4.69, 9.17) is 33.1 Å². The second kappa shape index (κ2) is 47.9. The molecule has 0 fully saturated rings. The van der Waals surface area contributed by atoms with E-state index in [9.17, 15) is 106 Å². The highest BCUT2D eigenvalue weighted by atomic mass is 16.4. The summed E-state index contributed by atoms with van der Waals surface area (Å²) in [5.41, 5.74) is 22.0. The molecule has 14 atom stereocenters. The molecule has 0 rings (SSSR count). The van der Waals surface area contributed by atoms with Crippen molar-refractivity contribution in [3.8, 4) is 0 Å². The largest absolute Gasteiger partial charge is 0.481 e. The molecule has 0 aromatic heterocycles. The van der Waals surface area contributed by atoms with Crippen molar-refractivity contribution in [1.82, 2.24) is 74.4 Å². The maximum absolute atomic E-state index is 14.1. The van der Waals surface area contributed by atoms with E-state index in [1.165, 1.54) is 27.7 Å². The van der Waals surface area contributed by atoms with Gasteiger partial charge in [0.1, 0.15) is 66.5 Å². The van der Waals surface area contributed by atoms with Crippen LogP contribution < -0.4 is 97.4 Å². The summed E-state index contributed by atoms with van der Waals surface area (Å²) in [6.07, 6.45) is -4.32. The number of carboxylic acid groups (broad SMARTS) is 3. The van der Waals surface area contributed by atoms with Crippen LogP contribution in [0.25, 0.3) is 0 Å². The molecule has 0 aromatic carbocycles. The standard InChI is InChI=1S/C62H106N18O24/c1-11-30(8)49(61(102)74-35(16-17-40(65)83)55(96)75-37(21-41(66)84)53(94)68-23-43(86)72-38(62(103)104)22-46(90)91)79-56(97)36(20-27(2)3)71-42(85)24-69-58(99)50(32(10)82)80-57(98)39(26-81)76-59(100)48(29(6)7)78-60(101)47(28(4)5)77-44(87)25-67-51(92)31(9)70-54(95)34(14-12-13-19-63)73-52(93)33(64)15-18-45(88)89/h27-39,47-50,81-82H,11-26,63-64H2,1-10H3,(H2,65,83)(H2,66,84)(H,67,92)(H,68,94)(H,69,99)(H,70,95)(H,71,85)(H,72,86)(H,73,93)(H,74,102)(H,75,96)(H,76,100)(H,77,87)(H,78,101)(H,79,97)(H,80,98)(H,88,89)(H,90,91)(H,103,104)/t30-,31-,32+,33-,34-,35-,36-,37-,38-,39-,47-,48-,49-,50-/m0/s1. The minimum absolute atomic E-state index is 0.0851. The number of amides is 16. The van der Waals surface area contributed by atoms with Crippen LogP contribution in [0.1, 0.15) is 140 Å². The molecule has 0 aromatic rings. The van der Waals surface area contributed by atoms with Gasteiger partial charge in [-0.05, 0) is 82.6 Å². The van der Waals surface area contributed by atoms with Gasteiger partial charge in [0.15, 0.2) is 0 Å². The molecule has 16 amide bonds. The summed E-state index contributed by atoms with van der Waals surface area (Å²) in [6.45, 7) is 11.5. The van der Waals surface area contributed by atoms with Gasteiger partial charge in [-0.1, -0.05) is 61.8 Å². The predicted octanol–water partition coefficient (Wildman–Crippen LogP) is -9.51. The minimum Gasteiger partial charge on any atom is -0.481 e. The van der Waals surface area contributed by atoms with Crippen molar-refractivity contribution < 1.29 is 117 Å². The lowest BCUT2D eigenvalue weighted by molar-refractivity contribution is -0.147. The number of aliphatic hydroxyl groups is 2. The average molecular weight is 1490 g/mol. The maximum Gasteiger partial charge on any atom is 0.326 e. The molecule has 0 radical (unpaired) electrons. The van der Waals surface area contributed by atoms with Crippen molar-refractivity contribution in [1.29, 1.82) is 0 Å². The number of carbonyl (C=O) groups excluding carboxylic acids is 16. The number of unbranched alkanes of at least 4 members (excludes halogenated alkanes) is 1. The first-order chi connectivity index (χ1) is 48.4. The Kier molecular flexibility index (Phi) is 43.2. The van der Waals surface area contributed by atoms with Gasteiger partial charge in [0.25, 0.3) is 0 Å². The Morgan fingerprint density at radius 3 is 1.33 bits per heavy atom. The molecule has 0 aliphatic heterocycles. The molecule has 42 heteroatoms. The molecule has 27 N–H and O–H groups in total. The average Bonchev–Trinajstić information content (AvgIpc) is 0.838. The lowest BCUT2D eigenvalue weighted by atomic mass is 9.96. The van der Waals surface area contributed by atoms with Gasteiger partial charge in [0, 0.05) is 12.8 Å². The summed E-state index contributed by atoms with van der Waals surface area (Å²) < 4.78 is 0. The first kappa shape index (κ1) is 93.8. The third-order valence-electron chi connectivity index (χ3n) is 15.5. The monoisotopic (exact) mass is 1490 g/mol. The number of hydrogen-bond acceptors (Lipinski definition) is 23. The first-order valence-electron chi connectivity index (χ1n) is 33.5. The van der Waals surface area contributed by atoms with E-state index >= 15 is 0 Å². The normalized spacial score (nSPS) is 15.1. The van der Waals surface area contributed by atoms with Crippen molar-refractivity contribution in [2.45, 2.75) is 218 Å². The number of nitrogens with two attached hydrogens (primary N) is 4. The van der Waals surface area contributed by atoms with E-state index in [1.807, 2.05) is 10.6 Å². The number of aliphatic carboxylic acids is 3. The Labute approximate surface area is 599 Å². The van der Waals surface area contributed by atoms with Crippen LogP contribution in [-0.2, 0) is 91.1 Å². The van der Waals surface area contributed by atoms with E-state index in [1.54, 1.807) is 34.6 Å². The van der Waals surface area contributed by atoms with Gasteiger partial charge in [0.2, 0.25) is 94.5 Å². The molecule has 0 heterocycles. The van der Waals surface area contributed by atoms with Gasteiger partial charge in [0.05, 0.1) is 51.2 Å². The Bertz CT molecular complexity index is 3030. The fourth-order valence-electron chi connectivity index (χ4n) is 9.39. The number of carboxylic acids is 3. The van der Waals surface area contributed by atoms with Crippen molar-refractivity contribution >= 4 is 112 Å². The van der Waals surface area contributed by atoms with Gasteiger partial charge >= 0.3 is 17.9 Å². The Balaban J connectivity index is 6.19. The Morgan fingerprint density at radius 2 is 0.837 bits per heavy atom. The van der Waals surface area contributed by atoms with E-state index < -0.39 is 267 Å². The lowest BCUT2D eigenvalue weighted by Crippen LogP contribution is -2.62. The highest BCUT2D eigenvalue weighted by Gasteiger charge is 2.38. The zero-order valence-electron chi connectivity index (χ0n) is 59.9. The number of nitrogens with one attached hydrogen (secondary N) is 14. The molecule has 588 valence electrons. The number of primary amides is 2. The van der Waals surface area contributed by atoms with Crippen LogP contribution in [-0.4, -0.2) is 249 Å². The SMILES string of the molecule is CC[C@H](C)[C@H](NC(=O)[C@H](CC(C)C)NC(=O)CNC(=O)[C@@H](NC(=O)[C@H](CO)NC(=O)[C@@H](NC(=O)[C@@H](NC(=O)CNC(=O)[C@H](C)NC(=O)[C@H](CCCCN)NC(=O)[C@@H](N)CCC(=O)O)C(C)C)C(C)C)[C@@H](C)O)C(=O)N[C@@H](CCC(N)=O)C(=O)N[C@@H](CC(N)=O)C(=O)NCC(=O)N[C@@H](CC(=O)O)C(=O)O. The topological polar surface area (TPSA) is 698 Å². The van der Waals surface area contributed by atoms with Crippen LogP contribution >= 0.6 is 0 Å². The van der Waals surface area contributed by atoms with Crippen molar-refractivity contribution in [3.05, 3.63) is 0 Å². The molecule has 0 unspecified atom stereocenters. The second-order valence-corrected chi connectivity index (χ2v) is 25.7. The Morgan fingerprint density at radius 1 is 0.394 bits per heavy atom. The first-order valence-corrected chi connectivity index (χ1v) is 33.5. The van der Waals surface area contributed by atoms with Crippen molar-refractivity contribution in [2.75, 3.05) is 32.8 Å². The third kappa shape index (κ3) is 36.6. The smallest absolute Gasteiger partial charge is 0.326 e. The minimum atomic E-state index is -1.90. The molecule has 0 saturated heterocycles. The summed E-state index contributed by atoms with van der Waals surface area (Å²) >= 11 is 0. The van der Waals surface area contributed by atoms with Gasteiger partial charge < -0.3 is 123 Å². The highest BCUT2D eigenvalue weighted by Crippen LogP contribution is 2.14. The number of rotatable bonds is 51. The summed E-state index contributed by atoms with van der Waals surface area (Å²) in [5, 5.41) is 80.3. The summed E-state index contributed by atoms with van der Waals surface area (Å²) in [6, 6.07) is -18.8. The van der Waals surface area contributed by atoms with E-state index in [-0.39, 0.29) is 38.1 Å². The molecule has 0 spiro atoms. The Hall–Kier alpha value is -10.2. The van der Waals surface area contributed by atoms with E-state index in [0.717, 1.165) is 6.92 Å². The highest BCUT2D eigenvalue weighted by molar-refractivity contribution is 6.00. The quantitative estimate of drug-likeness (QED) is 0.0252. The molecule has 0 aliphatic rings. The number of hydrogen-bond donors (Lipinski definition) is 23. The molecule has 0 bridgehead atoms. The van der Waals surface area contributed by atoms with Gasteiger partial charge in [-0.2, -0.15) is 0 Å². The predicted molar refractivity (Wildman–Crippen MR) is 363 cm³/mol. The van der Waals surface area contributed by atoms with Gasteiger partial charge in [-0.3, -0.25) is 86.3 Å². The summed E-state index contributed by atoms with van der Waals surface area (Å²) in [7, 11) is 0. The van der Waals surface area contributed by atoms with E-state index in [2.05, 4.69) is 63.8 Å². The van der Waals surface area contributed by atoms with Gasteiger partial charge in [-0.15, -0.1) is 0 Å². The van der Waals surface area contributed by atoms with E-state index in [0.29, 0.717) is 12.8 Å². The molecular formula is C62H106N18O24. The van der Waals surface area contributed by atoms with Crippen LogP contribution in [0.5, 0.6) is 0 Å². The van der Waals surface area contributed by atoms with Crippen LogP contribution in [0.3, 0.4) is 0 Å². The fraction of sp³-hybridized carbons (Fsp3) is 0.694. The van der Waals surface area contributed by atoms with Crippen molar-refractivity contribution in [3.63, 3.8) is 0 Å². The van der Waals surface area contributed by atoms with Crippen molar-refractivity contribution in [2.24, 2.45) is 46.6 Å². The van der Waals surface area contributed by atoms with Crippen LogP contribution in [0, 0.1) is 23.7 Å². The lowest BCUT2D eigenvalue weighted by Gasteiger charge is -2.29. The molecule has 0 aliphatic carbocycles. The zero-order valence-corrected chi connectivity index (χ0v) is 59.9. The maximum atomic E-state index is 14.1. The molecule has 0 saturated carbocycles. The molecular weight excluding hydrogens is 1380 g/mol. The third-order valence-corrected chi connectivity index (χ3v) is 15.5. The van der Waals surface area contributed by atoms with Gasteiger partial charge in [-0.25, -0.2) is 4.79 Å². The number of carbonyl (C=O) groups is 19. The zero-order chi connectivity index (χ0) is 80.0. The summed E-state index contributed by atoms with van der Waals surface area (Å²) in [5.74, 6) is -23.5. The number of aliphatic hydroxyl groups excluding tert-OH is 2. The second-order valence-electron chi connectivity index (χ2n) is 25.7. The van der Waals surface area contributed by atoms with Crippen LogP contribution in [0.15, 0.2) is 0 Å². The van der Waals surface area contributed by atoms with Crippen LogP contribution in [0.4, 0.5) is 0 Å². The fourth-order valence-corrected chi connectivity index (χ4v) is 9.39. The van der Waals surface area contributed by atoms with Crippen LogP contribution in [0.2, 0.25) is 0 Å².